The van der Waals surface area contributed by atoms with Crippen molar-refractivity contribution in [2.24, 2.45) is 5.41 Å². The molecule has 3 fully saturated rings. The quantitative estimate of drug-likeness (QED) is 0.481. The molecular formula is C27H31FeNO3+2. The SMILES string of the molecule is Cc1ccccc1C[C@]1(C)C(=O)O[C@@H]([C]2[CH][CH][CH][CH]2)N1C(=O)C(C)(C)C.[CH]1[CH][CH][CH][CH]1.[Fe+2]. The second-order valence-electron chi connectivity index (χ2n) is 9.24. The van der Waals surface area contributed by atoms with E-state index in [1.807, 2.05) is 117 Å². The first-order valence-electron chi connectivity index (χ1n) is 10.6. The number of rotatable bonds is 3. The minimum Gasteiger partial charge on any atom is -0.439 e. The summed E-state index contributed by atoms with van der Waals surface area (Å²) in [6.07, 6.45) is 17.3. The Hall–Kier alpha value is -1.32. The van der Waals surface area contributed by atoms with Crippen LogP contribution in [0.2, 0.25) is 0 Å². The van der Waals surface area contributed by atoms with Crippen molar-refractivity contribution in [2.75, 3.05) is 0 Å². The Bertz CT molecular complexity index is 770. The number of ether oxygens (including phenoxy) is 1. The number of carbonyl (C=O) groups excluding carboxylic acids is 2. The van der Waals surface area contributed by atoms with Crippen LogP contribution in [0.1, 0.15) is 38.8 Å². The molecule has 1 saturated heterocycles. The number of hydrogen-bond donors (Lipinski definition) is 0. The normalized spacial score (nSPS) is 25.7. The van der Waals surface area contributed by atoms with Crippen molar-refractivity contribution in [1.29, 1.82) is 0 Å². The molecule has 3 aliphatic rings. The molecule has 1 aromatic rings. The van der Waals surface area contributed by atoms with Crippen molar-refractivity contribution in [3.8, 4) is 0 Å². The van der Waals surface area contributed by atoms with Crippen LogP contribution in [-0.2, 0) is 37.8 Å². The number of carbonyl (C=O) groups is 2. The van der Waals surface area contributed by atoms with E-state index in [9.17, 15) is 9.59 Å². The van der Waals surface area contributed by atoms with Crippen LogP contribution in [0.15, 0.2) is 24.3 Å². The van der Waals surface area contributed by atoms with Gasteiger partial charge in [-0.2, -0.15) is 0 Å². The van der Waals surface area contributed by atoms with Gasteiger partial charge in [0.05, 0.1) is 0 Å². The molecule has 1 aromatic carbocycles. The van der Waals surface area contributed by atoms with Gasteiger partial charge in [0.1, 0.15) is 5.54 Å². The minimum atomic E-state index is -1.04. The summed E-state index contributed by atoms with van der Waals surface area (Å²) in [6.45, 7) is 9.44. The number of hydrogen-bond acceptors (Lipinski definition) is 3. The van der Waals surface area contributed by atoms with Gasteiger partial charge >= 0.3 is 23.0 Å². The number of esters is 1. The molecule has 5 heteroatoms. The molecule has 2 aliphatic carbocycles. The Kier molecular flexibility index (Phi) is 9.43. The maximum Gasteiger partial charge on any atom is 2.00 e. The molecule has 0 unspecified atom stereocenters. The summed E-state index contributed by atoms with van der Waals surface area (Å²) in [4.78, 5) is 27.9. The predicted molar refractivity (Wildman–Crippen MR) is 121 cm³/mol. The standard InChI is InChI=1S/C22H26NO3.C5H5.Fe/c1-15-10-6-7-13-17(15)14-22(5)20(25)26-18(16-11-8-9-12-16)23(22)19(24)21(2,3)4;1-2-4-5-3-1;/h6-13,18H,14H2,1-5H3;1-5H;/q;;+2/t18-,22+;;/m0../s1. The Morgan fingerprint density at radius 2 is 1.53 bits per heavy atom. The molecule has 32 heavy (non-hydrogen) atoms. The molecule has 2 atom stereocenters. The smallest absolute Gasteiger partial charge is 0.439 e. The Labute approximate surface area is 205 Å². The van der Waals surface area contributed by atoms with Gasteiger partial charge in [-0.3, -0.25) is 9.69 Å². The van der Waals surface area contributed by atoms with E-state index in [4.69, 9.17) is 4.74 Å². The Morgan fingerprint density at radius 1 is 1.00 bits per heavy atom. The molecule has 168 valence electrons. The molecule has 10 radical (unpaired) electrons. The van der Waals surface area contributed by atoms with Gasteiger partial charge in [-0.05, 0) is 82.8 Å². The van der Waals surface area contributed by atoms with Crippen molar-refractivity contribution in [3.05, 3.63) is 99.1 Å². The van der Waals surface area contributed by atoms with Gasteiger partial charge in [0, 0.05) is 17.8 Å². The third kappa shape index (κ3) is 5.97. The maximum atomic E-state index is 13.3. The Balaban J connectivity index is 0.000000534. The van der Waals surface area contributed by atoms with Crippen LogP contribution in [0.5, 0.6) is 0 Å². The third-order valence-electron chi connectivity index (χ3n) is 5.61. The molecule has 4 nitrogen and oxygen atoms in total. The van der Waals surface area contributed by atoms with Crippen LogP contribution in [-0.4, -0.2) is 28.5 Å². The van der Waals surface area contributed by atoms with Crippen molar-refractivity contribution >= 4 is 11.9 Å². The second kappa shape index (κ2) is 11.2. The van der Waals surface area contributed by atoms with Gasteiger partial charge < -0.3 is 4.74 Å². The van der Waals surface area contributed by atoms with Gasteiger partial charge in [0.25, 0.3) is 0 Å². The molecule has 1 amide bonds. The molecule has 4 rings (SSSR count). The predicted octanol–water partition coefficient (Wildman–Crippen LogP) is 4.48. The van der Waals surface area contributed by atoms with E-state index in [0.717, 1.165) is 17.0 Å². The minimum absolute atomic E-state index is 0. The summed E-state index contributed by atoms with van der Waals surface area (Å²) in [5, 5.41) is 0. The second-order valence-corrected chi connectivity index (χ2v) is 9.24. The van der Waals surface area contributed by atoms with Gasteiger partial charge in [-0.15, -0.1) is 0 Å². The fourth-order valence-corrected chi connectivity index (χ4v) is 3.76. The molecular weight excluding hydrogens is 442 g/mol. The first kappa shape index (κ1) is 26.9. The fraction of sp³-hybridized carbons (Fsp3) is 0.333. The van der Waals surface area contributed by atoms with Crippen LogP contribution in [0.3, 0.4) is 0 Å². The summed E-state index contributed by atoms with van der Waals surface area (Å²) >= 11 is 0. The van der Waals surface area contributed by atoms with Crippen LogP contribution in [0.25, 0.3) is 0 Å². The van der Waals surface area contributed by atoms with Gasteiger partial charge in [0.15, 0.2) is 6.23 Å². The van der Waals surface area contributed by atoms with Crippen molar-refractivity contribution < 1.29 is 31.4 Å². The molecule has 0 spiro atoms. The number of aryl methyl sites for hydroxylation is 1. The summed E-state index contributed by atoms with van der Waals surface area (Å²) in [5.41, 5.74) is 0.479. The summed E-state index contributed by atoms with van der Waals surface area (Å²) in [6, 6.07) is 7.95. The van der Waals surface area contributed by atoms with E-state index < -0.39 is 17.2 Å². The number of nitrogens with zero attached hydrogens (tertiary/aromatic N) is 1. The first-order chi connectivity index (χ1) is 14.6. The van der Waals surface area contributed by atoms with Crippen molar-refractivity contribution in [1.82, 2.24) is 4.90 Å². The van der Waals surface area contributed by atoms with E-state index in [2.05, 4.69) is 0 Å². The average Bonchev–Trinajstić information content (AvgIpc) is 3.47. The van der Waals surface area contributed by atoms with Gasteiger partial charge in [-0.25, -0.2) is 4.79 Å². The first-order valence-corrected chi connectivity index (χ1v) is 10.6. The van der Waals surface area contributed by atoms with Crippen LogP contribution < -0.4 is 0 Å². The molecule has 0 N–H and O–H groups in total. The Morgan fingerprint density at radius 3 is 2.03 bits per heavy atom. The monoisotopic (exact) mass is 473 g/mol. The zero-order valence-corrected chi connectivity index (χ0v) is 20.4. The van der Waals surface area contributed by atoms with E-state index in [1.165, 1.54) is 0 Å². The van der Waals surface area contributed by atoms with E-state index in [1.54, 1.807) is 4.90 Å². The average molecular weight is 473 g/mol. The number of cyclic esters (lactones) is 1. The zero-order valence-electron chi connectivity index (χ0n) is 19.3. The van der Waals surface area contributed by atoms with E-state index in [0.29, 0.717) is 6.42 Å². The van der Waals surface area contributed by atoms with Gasteiger partial charge in [0.2, 0.25) is 5.91 Å². The number of amides is 1. The largest absolute Gasteiger partial charge is 2.00 e. The fourth-order valence-electron chi connectivity index (χ4n) is 3.76. The van der Waals surface area contributed by atoms with E-state index in [-0.39, 0.29) is 28.9 Å². The third-order valence-corrected chi connectivity index (χ3v) is 5.61. The molecule has 0 aromatic heterocycles. The van der Waals surface area contributed by atoms with E-state index >= 15 is 0 Å². The maximum absolute atomic E-state index is 13.3. The molecule has 0 bridgehead atoms. The molecule has 1 heterocycles. The summed E-state index contributed by atoms with van der Waals surface area (Å²) in [7, 11) is 0. The molecule has 2 saturated carbocycles. The van der Waals surface area contributed by atoms with Crippen LogP contribution in [0.4, 0.5) is 0 Å². The zero-order chi connectivity index (χ0) is 22.6. The summed E-state index contributed by atoms with van der Waals surface area (Å²) < 4.78 is 5.73. The topological polar surface area (TPSA) is 46.6 Å². The van der Waals surface area contributed by atoms with Crippen LogP contribution in [0, 0.1) is 76.0 Å². The number of benzene rings is 1. The van der Waals surface area contributed by atoms with Crippen molar-refractivity contribution in [3.63, 3.8) is 0 Å². The molecule has 1 aliphatic heterocycles. The summed E-state index contributed by atoms with van der Waals surface area (Å²) in [5.74, 6) is 0.375. The van der Waals surface area contributed by atoms with Crippen LogP contribution >= 0.6 is 0 Å². The van der Waals surface area contributed by atoms with Gasteiger partial charge in [-0.1, -0.05) is 45.0 Å². The van der Waals surface area contributed by atoms with Crippen molar-refractivity contribution in [2.45, 2.75) is 52.8 Å².